The van der Waals surface area contributed by atoms with Gasteiger partial charge in [-0.05, 0) is 83.0 Å². The van der Waals surface area contributed by atoms with Crippen LogP contribution >= 0.6 is 0 Å². The second-order valence-corrected chi connectivity index (χ2v) is 12.7. The fourth-order valence-electron chi connectivity index (χ4n) is 5.30. The second-order valence-electron chi connectivity index (χ2n) is 12.7. The van der Waals surface area contributed by atoms with Crippen LogP contribution in [0.25, 0.3) is 28.2 Å². The predicted molar refractivity (Wildman–Crippen MR) is 188 cm³/mol. The Kier molecular flexibility index (Phi) is 12.9. The van der Waals surface area contributed by atoms with Gasteiger partial charge in [-0.3, -0.25) is 9.59 Å². The number of carbonyl (C=O) groups is 3. The second kappa shape index (κ2) is 17.3. The molecule has 0 radical (unpaired) electrons. The van der Waals surface area contributed by atoms with E-state index in [1.165, 1.54) is 4.57 Å². The molecule has 0 aliphatic rings. The summed E-state index contributed by atoms with van der Waals surface area (Å²) in [6, 6.07) is 13.7. The van der Waals surface area contributed by atoms with E-state index in [2.05, 4.69) is 25.6 Å². The maximum atomic E-state index is 13.2. The molecule has 0 atom stereocenters. The maximum Gasteiger partial charge on any atom is 0.407 e. The molecule has 13 heteroatoms. The van der Waals surface area contributed by atoms with Gasteiger partial charge in [-0.25, -0.2) is 24.1 Å². The zero-order valence-electron chi connectivity index (χ0n) is 28.8. The number of nitrogens with two attached hydrogens (primary N) is 1. The van der Waals surface area contributed by atoms with E-state index in [0.29, 0.717) is 42.3 Å². The Labute approximate surface area is 286 Å². The molecular formula is C36H47N7O6. The first-order valence-corrected chi connectivity index (χ1v) is 16.9. The van der Waals surface area contributed by atoms with Crippen molar-refractivity contribution in [2.24, 2.45) is 5.73 Å². The van der Waals surface area contributed by atoms with Gasteiger partial charge in [0.2, 0.25) is 0 Å². The van der Waals surface area contributed by atoms with Crippen LogP contribution < -0.4 is 26.8 Å². The Bertz CT molecular complexity index is 1790. The van der Waals surface area contributed by atoms with Gasteiger partial charge in [-0.2, -0.15) is 0 Å². The zero-order chi connectivity index (χ0) is 35.4. The van der Waals surface area contributed by atoms with Crippen LogP contribution in [0.4, 0.5) is 4.79 Å². The number of fused-ring (bicyclic) bond motifs is 1. The van der Waals surface area contributed by atoms with E-state index in [0.717, 1.165) is 51.4 Å². The van der Waals surface area contributed by atoms with Gasteiger partial charge in [0, 0.05) is 24.2 Å². The number of unbranched alkanes of at least 4 members (excludes halogenated alkanes) is 7. The molecule has 2 aromatic heterocycles. The first-order chi connectivity index (χ1) is 23.5. The predicted octanol–water partition coefficient (Wildman–Crippen LogP) is 5.65. The van der Waals surface area contributed by atoms with Crippen LogP contribution in [-0.4, -0.2) is 62.7 Å². The summed E-state index contributed by atoms with van der Waals surface area (Å²) in [6.45, 7) is 9.09. The van der Waals surface area contributed by atoms with E-state index in [9.17, 15) is 19.2 Å². The van der Waals surface area contributed by atoms with Crippen LogP contribution in [0, 0.1) is 0 Å². The van der Waals surface area contributed by atoms with Crippen LogP contribution in [0.2, 0.25) is 0 Å². The molecule has 4 rings (SSSR count). The molecule has 5 N–H and O–H groups in total. The molecule has 0 aliphatic heterocycles. The summed E-state index contributed by atoms with van der Waals surface area (Å²) in [4.78, 5) is 61.8. The van der Waals surface area contributed by atoms with E-state index in [1.807, 2.05) is 27.7 Å². The molecule has 0 unspecified atom stereocenters. The topological polar surface area (TPSA) is 183 Å². The third-order valence-corrected chi connectivity index (χ3v) is 7.62. The highest BCUT2D eigenvalue weighted by Gasteiger charge is 2.21. The lowest BCUT2D eigenvalue weighted by atomic mass is 10.1. The maximum absolute atomic E-state index is 13.2. The van der Waals surface area contributed by atoms with Crippen LogP contribution in [0.15, 0.2) is 53.3 Å². The largest absolute Gasteiger partial charge is 0.494 e. The lowest BCUT2D eigenvalue weighted by Crippen LogP contribution is -2.32. The molecule has 3 amide bonds. The fourth-order valence-corrected chi connectivity index (χ4v) is 5.30. The number of benzene rings is 2. The molecule has 2 aromatic carbocycles. The van der Waals surface area contributed by atoms with Crippen molar-refractivity contribution in [3.8, 4) is 22.8 Å². The summed E-state index contributed by atoms with van der Waals surface area (Å²) in [5.41, 5.74) is 6.14. The number of aromatic nitrogens is 4. The van der Waals surface area contributed by atoms with Gasteiger partial charge < -0.3 is 30.8 Å². The molecule has 13 nitrogen and oxygen atoms in total. The molecule has 0 bridgehead atoms. The zero-order valence-corrected chi connectivity index (χ0v) is 28.8. The highest BCUT2D eigenvalue weighted by molar-refractivity contribution is 6.02. The number of ether oxygens (including phenoxy) is 2. The number of hydrogen-bond donors (Lipinski definition) is 4. The molecule has 0 saturated heterocycles. The summed E-state index contributed by atoms with van der Waals surface area (Å²) in [5.74, 6) is -0.188. The minimum absolute atomic E-state index is 0.109. The Morgan fingerprint density at radius 2 is 1.51 bits per heavy atom. The molecule has 0 aliphatic carbocycles. The number of H-pyrrole nitrogens is 1. The van der Waals surface area contributed by atoms with E-state index < -0.39 is 17.2 Å². The van der Waals surface area contributed by atoms with Gasteiger partial charge in [0.1, 0.15) is 16.9 Å². The highest BCUT2D eigenvalue weighted by atomic mass is 16.6. The molecule has 262 valence electrons. The van der Waals surface area contributed by atoms with Crippen molar-refractivity contribution in [3.05, 3.63) is 70.3 Å². The minimum Gasteiger partial charge on any atom is -0.494 e. The molecule has 0 spiro atoms. The number of nitrogens with one attached hydrogen (secondary N) is 3. The fraction of sp³-hybridized carbons (Fsp3) is 0.444. The standard InChI is InChI=1S/C36H47N7O6/c1-5-48-27-19-17-24(18-20-27)31-40-28(30(37)44)29-32(42-31)43(34(46)41-29)26-16-14-15-25(23-26)33(45)38-21-12-10-8-6-7-9-11-13-22-39-35(47)49-36(2,3)4/h14-20,23H,5-13,21-22H2,1-4H3,(H2,37,44)(H,38,45)(H,39,47)(H,41,46). The summed E-state index contributed by atoms with van der Waals surface area (Å²) in [5, 5.41) is 5.75. The van der Waals surface area contributed by atoms with Crippen molar-refractivity contribution < 1.29 is 23.9 Å². The molecule has 49 heavy (non-hydrogen) atoms. The number of nitrogens with zero attached hydrogens (tertiary/aromatic N) is 3. The summed E-state index contributed by atoms with van der Waals surface area (Å²) < 4.78 is 12.0. The van der Waals surface area contributed by atoms with Gasteiger partial charge in [0.15, 0.2) is 17.2 Å². The highest BCUT2D eigenvalue weighted by Crippen LogP contribution is 2.24. The van der Waals surface area contributed by atoms with Crippen LogP contribution in [0.1, 0.15) is 99.9 Å². The average molecular weight is 674 g/mol. The lowest BCUT2D eigenvalue weighted by molar-refractivity contribution is 0.0526. The van der Waals surface area contributed by atoms with Crippen molar-refractivity contribution in [1.82, 2.24) is 30.2 Å². The van der Waals surface area contributed by atoms with Crippen molar-refractivity contribution in [3.63, 3.8) is 0 Å². The number of primary amides is 1. The summed E-state index contributed by atoms with van der Waals surface area (Å²) in [6.07, 6.45) is 7.91. The first-order valence-electron chi connectivity index (χ1n) is 16.9. The Morgan fingerprint density at radius 3 is 2.12 bits per heavy atom. The quantitative estimate of drug-likeness (QED) is 0.104. The normalized spacial score (nSPS) is 11.3. The third-order valence-electron chi connectivity index (χ3n) is 7.62. The van der Waals surface area contributed by atoms with E-state index in [4.69, 9.17) is 15.2 Å². The van der Waals surface area contributed by atoms with E-state index >= 15 is 0 Å². The van der Waals surface area contributed by atoms with Gasteiger partial charge in [-0.1, -0.05) is 44.6 Å². The van der Waals surface area contributed by atoms with Gasteiger partial charge in [0.25, 0.3) is 11.8 Å². The number of rotatable bonds is 17. The van der Waals surface area contributed by atoms with Crippen LogP contribution in [-0.2, 0) is 4.74 Å². The number of hydrogen-bond acceptors (Lipinski definition) is 8. The van der Waals surface area contributed by atoms with Gasteiger partial charge in [0.05, 0.1) is 12.3 Å². The Hall–Kier alpha value is -5.20. The monoisotopic (exact) mass is 673 g/mol. The average Bonchev–Trinajstić information content (AvgIpc) is 3.39. The first kappa shape index (κ1) is 36.6. The number of aromatic amines is 1. The molecular weight excluding hydrogens is 626 g/mol. The van der Waals surface area contributed by atoms with E-state index in [1.54, 1.807) is 48.5 Å². The SMILES string of the molecule is CCOc1ccc(-c2nc(C(N)=O)c3[nH]c(=O)n(-c4cccc(C(=O)NCCCCCCCCCCNC(=O)OC(C)(C)C)c4)c3n2)cc1. The third kappa shape index (κ3) is 10.6. The number of amides is 3. The summed E-state index contributed by atoms with van der Waals surface area (Å²) >= 11 is 0. The smallest absolute Gasteiger partial charge is 0.407 e. The number of imidazole rings is 1. The van der Waals surface area contributed by atoms with Crippen molar-refractivity contribution in [1.29, 1.82) is 0 Å². The number of carbonyl (C=O) groups excluding carboxylic acids is 3. The van der Waals surface area contributed by atoms with Crippen molar-refractivity contribution >= 4 is 29.1 Å². The Balaban J connectivity index is 1.29. The Morgan fingerprint density at radius 1 is 0.878 bits per heavy atom. The minimum atomic E-state index is -0.814. The molecule has 4 aromatic rings. The van der Waals surface area contributed by atoms with Crippen LogP contribution in [0.3, 0.4) is 0 Å². The molecule has 0 fully saturated rings. The van der Waals surface area contributed by atoms with Gasteiger partial charge >= 0.3 is 11.8 Å². The number of alkyl carbamates (subject to hydrolysis) is 1. The van der Waals surface area contributed by atoms with E-state index in [-0.39, 0.29) is 34.7 Å². The lowest BCUT2D eigenvalue weighted by Gasteiger charge is -2.19. The van der Waals surface area contributed by atoms with Crippen molar-refractivity contribution in [2.75, 3.05) is 19.7 Å². The van der Waals surface area contributed by atoms with Crippen molar-refractivity contribution in [2.45, 2.75) is 84.7 Å². The molecule has 0 saturated carbocycles. The van der Waals surface area contributed by atoms with Gasteiger partial charge in [-0.15, -0.1) is 0 Å². The summed E-state index contributed by atoms with van der Waals surface area (Å²) in [7, 11) is 0. The van der Waals surface area contributed by atoms with Crippen LogP contribution in [0.5, 0.6) is 5.75 Å². The molecule has 2 heterocycles.